The van der Waals surface area contributed by atoms with E-state index in [1.54, 1.807) is 0 Å². The Kier molecular flexibility index (Phi) is 5.86. The van der Waals surface area contributed by atoms with Crippen LogP contribution in [-0.4, -0.2) is 81.2 Å². The number of imidazole rings is 1. The second-order valence-electron chi connectivity index (χ2n) is 8.20. The van der Waals surface area contributed by atoms with E-state index in [-0.39, 0.29) is 41.6 Å². The third-order valence-electron chi connectivity index (χ3n) is 5.32. The number of amides is 1. The average Bonchev–Trinajstić information content (AvgIpc) is 3.14. The van der Waals surface area contributed by atoms with Gasteiger partial charge in [-0.2, -0.15) is 15.0 Å². The van der Waals surface area contributed by atoms with Crippen LogP contribution in [0.4, 0.5) is 23.7 Å². The SMILES string of the molecule is NC(=O)c1[nH]cnc1Nc1nc(N2CC(N)CC(N)C2)nc(N2CC(N)CC(N)C2)n1. The van der Waals surface area contributed by atoms with Crippen molar-refractivity contribution in [2.45, 2.75) is 37.0 Å². The topological polar surface area (TPSA) is 233 Å². The highest BCUT2D eigenvalue weighted by Crippen LogP contribution is 2.24. The number of hydrogen-bond donors (Lipinski definition) is 7. The number of nitrogens with zero attached hydrogens (tertiary/aromatic N) is 6. The standard InChI is InChI=1S/C17H29N13O/c18-8-1-9(19)4-29(3-8)16-26-15(25-14-12(13(22)31)23-7-24-14)27-17(28-16)30-5-10(20)2-11(21)6-30/h7-11H,1-6,18-21H2,(H2,22,31)(H,23,24)(H,25,26,27,28). The summed E-state index contributed by atoms with van der Waals surface area (Å²) in [6, 6.07) is -0.370. The van der Waals surface area contributed by atoms with Gasteiger partial charge >= 0.3 is 0 Å². The van der Waals surface area contributed by atoms with Gasteiger partial charge in [-0.25, -0.2) is 4.98 Å². The molecule has 4 unspecified atom stereocenters. The summed E-state index contributed by atoms with van der Waals surface area (Å²) in [5.74, 6) is 0.601. The second-order valence-corrected chi connectivity index (χ2v) is 8.20. The van der Waals surface area contributed by atoms with Gasteiger partial charge in [0, 0.05) is 50.3 Å². The molecule has 2 aliphatic heterocycles. The van der Waals surface area contributed by atoms with Crippen molar-refractivity contribution in [3.05, 3.63) is 12.0 Å². The molecule has 2 fully saturated rings. The van der Waals surface area contributed by atoms with Crippen molar-refractivity contribution in [3.8, 4) is 0 Å². The molecule has 0 aliphatic carbocycles. The first-order valence-electron chi connectivity index (χ1n) is 10.2. The minimum Gasteiger partial charge on any atom is -0.364 e. The lowest BCUT2D eigenvalue weighted by Crippen LogP contribution is -2.54. The Balaban J connectivity index is 1.69. The van der Waals surface area contributed by atoms with Gasteiger partial charge < -0.3 is 48.8 Å². The summed E-state index contributed by atoms with van der Waals surface area (Å²) in [6.07, 6.45) is 2.81. The molecule has 14 heteroatoms. The van der Waals surface area contributed by atoms with Crippen LogP contribution in [0.15, 0.2) is 6.33 Å². The van der Waals surface area contributed by atoms with E-state index in [0.717, 1.165) is 12.8 Å². The fraction of sp³-hybridized carbons (Fsp3) is 0.588. The number of nitrogens with one attached hydrogen (secondary N) is 2. The van der Waals surface area contributed by atoms with Crippen LogP contribution < -0.4 is 43.8 Å². The van der Waals surface area contributed by atoms with E-state index < -0.39 is 5.91 Å². The van der Waals surface area contributed by atoms with Crippen LogP contribution in [0.3, 0.4) is 0 Å². The summed E-state index contributed by atoms with van der Waals surface area (Å²) in [7, 11) is 0. The van der Waals surface area contributed by atoms with Gasteiger partial charge in [-0.1, -0.05) is 0 Å². The molecule has 0 bridgehead atoms. The van der Waals surface area contributed by atoms with Crippen LogP contribution in [0.5, 0.6) is 0 Å². The van der Waals surface area contributed by atoms with Crippen molar-refractivity contribution in [1.82, 2.24) is 24.9 Å². The van der Waals surface area contributed by atoms with Crippen molar-refractivity contribution in [2.24, 2.45) is 28.7 Å². The van der Waals surface area contributed by atoms with Crippen LogP contribution in [0, 0.1) is 0 Å². The molecule has 12 N–H and O–H groups in total. The van der Waals surface area contributed by atoms with E-state index in [9.17, 15) is 4.79 Å². The highest BCUT2D eigenvalue weighted by Gasteiger charge is 2.29. The van der Waals surface area contributed by atoms with E-state index in [1.807, 2.05) is 9.80 Å². The molecule has 31 heavy (non-hydrogen) atoms. The normalized spacial score (nSPS) is 26.7. The quantitative estimate of drug-likeness (QED) is 0.254. The average molecular weight is 432 g/mol. The number of nitrogens with two attached hydrogens (primary N) is 5. The Labute approximate surface area is 179 Å². The molecule has 2 aromatic rings. The molecule has 0 radical (unpaired) electrons. The summed E-state index contributed by atoms with van der Waals surface area (Å²) >= 11 is 0. The van der Waals surface area contributed by atoms with Gasteiger partial charge in [0.15, 0.2) is 5.82 Å². The summed E-state index contributed by atoms with van der Waals surface area (Å²) in [5.41, 5.74) is 30.1. The smallest absolute Gasteiger partial charge is 0.269 e. The van der Waals surface area contributed by atoms with E-state index in [0.29, 0.717) is 38.1 Å². The minimum absolute atomic E-state index is 0.0926. The number of anilines is 4. The molecule has 4 atom stereocenters. The largest absolute Gasteiger partial charge is 0.364 e. The van der Waals surface area contributed by atoms with E-state index in [2.05, 4.69) is 30.2 Å². The van der Waals surface area contributed by atoms with Crippen LogP contribution in [0.1, 0.15) is 23.3 Å². The summed E-state index contributed by atoms with van der Waals surface area (Å²) in [4.78, 5) is 36.0. The van der Waals surface area contributed by atoms with E-state index in [1.165, 1.54) is 6.33 Å². The lowest BCUT2D eigenvalue weighted by Gasteiger charge is -2.36. The second kappa shape index (κ2) is 8.58. The van der Waals surface area contributed by atoms with Crippen molar-refractivity contribution in [2.75, 3.05) is 41.3 Å². The molecule has 14 nitrogen and oxygen atoms in total. The van der Waals surface area contributed by atoms with Gasteiger partial charge in [0.1, 0.15) is 5.69 Å². The van der Waals surface area contributed by atoms with Crippen molar-refractivity contribution < 1.29 is 4.79 Å². The maximum Gasteiger partial charge on any atom is 0.269 e. The van der Waals surface area contributed by atoms with Crippen molar-refractivity contribution in [1.29, 1.82) is 0 Å². The number of rotatable bonds is 5. The fourth-order valence-corrected chi connectivity index (χ4v) is 4.06. The van der Waals surface area contributed by atoms with E-state index >= 15 is 0 Å². The van der Waals surface area contributed by atoms with Gasteiger partial charge in [0.05, 0.1) is 6.33 Å². The molecule has 4 rings (SSSR count). The van der Waals surface area contributed by atoms with Crippen LogP contribution in [0.25, 0.3) is 0 Å². The first-order valence-corrected chi connectivity index (χ1v) is 10.2. The van der Waals surface area contributed by atoms with Gasteiger partial charge in [-0.15, -0.1) is 0 Å². The number of aromatic amines is 1. The molecule has 1 amide bonds. The lowest BCUT2D eigenvalue weighted by molar-refractivity contribution is 0.0997. The van der Waals surface area contributed by atoms with Crippen LogP contribution in [0.2, 0.25) is 0 Å². The Hall–Kier alpha value is -3.07. The maximum atomic E-state index is 11.6. The number of aromatic nitrogens is 5. The Morgan fingerprint density at radius 1 is 0.903 bits per heavy atom. The Morgan fingerprint density at radius 3 is 1.84 bits per heavy atom. The maximum absolute atomic E-state index is 11.6. The molecular weight excluding hydrogens is 402 g/mol. The molecule has 2 aromatic heterocycles. The molecule has 168 valence electrons. The molecule has 2 saturated heterocycles. The van der Waals surface area contributed by atoms with E-state index in [4.69, 9.17) is 28.7 Å². The Bertz CT molecular complexity index is 868. The van der Waals surface area contributed by atoms with Gasteiger partial charge in [-0.05, 0) is 12.8 Å². The highest BCUT2D eigenvalue weighted by atomic mass is 16.1. The zero-order valence-corrected chi connectivity index (χ0v) is 17.1. The number of primary amides is 1. The number of piperidine rings is 2. The van der Waals surface area contributed by atoms with Gasteiger partial charge in [0.25, 0.3) is 5.91 Å². The summed E-state index contributed by atoms with van der Waals surface area (Å²) < 4.78 is 0. The number of carbonyl (C=O) groups is 1. The summed E-state index contributed by atoms with van der Waals surface area (Å²) in [6.45, 7) is 2.24. The minimum atomic E-state index is -0.657. The predicted octanol–water partition coefficient (Wildman–Crippen LogP) is -2.83. The van der Waals surface area contributed by atoms with Crippen molar-refractivity contribution in [3.63, 3.8) is 0 Å². The third-order valence-corrected chi connectivity index (χ3v) is 5.32. The zero-order valence-electron chi connectivity index (χ0n) is 17.1. The van der Waals surface area contributed by atoms with Crippen LogP contribution >= 0.6 is 0 Å². The first-order chi connectivity index (χ1) is 14.8. The fourth-order valence-electron chi connectivity index (χ4n) is 4.06. The molecule has 2 aliphatic rings. The van der Waals surface area contributed by atoms with Gasteiger partial charge in [0.2, 0.25) is 17.8 Å². The zero-order chi connectivity index (χ0) is 22.1. The molecule has 0 aromatic carbocycles. The monoisotopic (exact) mass is 431 g/mol. The van der Waals surface area contributed by atoms with Gasteiger partial charge in [-0.3, -0.25) is 4.79 Å². The lowest BCUT2D eigenvalue weighted by atomic mass is 10.0. The number of H-pyrrole nitrogens is 1. The van der Waals surface area contributed by atoms with Crippen molar-refractivity contribution >= 4 is 29.6 Å². The predicted molar refractivity (Wildman–Crippen MR) is 116 cm³/mol. The number of hydrogen-bond acceptors (Lipinski definition) is 12. The highest BCUT2D eigenvalue weighted by molar-refractivity contribution is 5.96. The van der Waals surface area contributed by atoms with Crippen LogP contribution in [-0.2, 0) is 0 Å². The third kappa shape index (κ3) is 4.82. The first kappa shape index (κ1) is 21.2. The summed E-state index contributed by atoms with van der Waals surface area (Å²) in [5, 5.41) is 2.95. The molecule has 0 spiro atoms. The molecular formula is C17H29N13O. The molecule has 4 heterocycles. The number of carbonyl (C=O) groups excluding carboxylic acids is 1. The Morgan fingerprint density at radius 2 is 1.39 bits per heavy atom. The molecule has 0 saturated carbocycles.